The summed E-state index contributed by atoms with van der Waals surface area (Å²) in [6.07, 6.45) is 0.682. The van der Waals surface area contributed by atoms with Gasteiger partial charge in [-0.3, -0.25) is 4.31 Å². The van der Waals surface area contributed by atoms with E-state index in [9.17, 15) is 8.42 Å². The lowest BCUT2D eigenvalue weighted by Crippen LogP contribution is -2.35. The molecule has 0 bridgehead atoms. The lowest BCUT2D eigenvalue weighted by Gasteiger charge is -2.25. The quantitative estimate of drug-likeness (QED) is 0.661. The molecule has 1 aromatic heterocycles. The maximum Gasteiger partial charge on any atom is 0.268 e. The van der Waals surface area contributed by atoms with Gasteiger partial charge in [0.25, 0.3) is 10.0 Å². The van der Waals surface area contributed by atoms with Gasteiger partial charge < -0.3 is 9.26 Å². The third-order valence-electron chi connectivity index (χ3n) is 5.17. The Morgan fingerprint density at radius 3 is 2.61 bits per heavy atom. The number of aromatic nitrogens is 1. The summed E-state index contributed by atoms with van der Waals surface area (Å²) >= 11 is 0. The zero-order valence-corrected chi connectivity index (χ0v) is 17.1. The Morgan fingerprint density at radius 1 is 1.18 bits per heavy atom. The van der Waals surface area contributed by atoms with E-state index in [1.165, 1.54) is 11.4 Å². The average Bonchev–Trinajstić information content (AvgIpc) is 3.19. The van der Waals surface area contributed by atoms with Gasteiger partial charge in [-0.1, -0.05) is 29.4 Å². The summed E-state index contributed by atoms with van der Waals surface area (Å²) < 4.78 is 39.5. The predicted molar refractivity (Wildman–Crippen MR) is 107 cm³/mol. The Bertz CT molecular complexity index is 1130. The Labute approximate surface area is 164 Å². The molecule has 1 aliphatic rings. The number of benzene rings is 2. The van der Waals surface area contributed by atoms with Crippen molar-refractivity contribution in [2.24, 2.45) is 0 Å². The molecule has 28 heavy (non-hydrogen) atoms. The number of hydrogen-bond acceptors (Lipinski definition) is 5. The molecule has 7 heteroatoms. The number of nitrogens with zero attached hydrogens (tertiary/aromatic N) is 2. The lowest BCUT2D eigenvalue weighted by molar-refractivity contribution is 0.393. The summed E-state index contributed by atoms with van der Waals surface area (Å²) in [6.45, 7) is 5.57. The van der Waals surface area contributed by atoms with Gasteiger partial charge in [-0.25, -0.2) is 8.42 Å². The first-order chi connectivity index (χ1) is 13.3. The van der Waals surface area contributed by atoms with Gasteiger partial charge in [-0.2, -0.15) is 0 Å². The minimum atomic E-state index is -3.83. The first kappa shape index (κ1) is 18.6. The molecule has 1 atom stereocenters. The number of aryl methyl sites for hydroxylation is 2. The van der Waals surface area contributed by atoms with Gasteiger partial charge in [0.2, 0.25) is 0 Å². The number of ether oxygens (including phenoxy) is 1. The van der Waals surface area contributed by atoms with Crippen LogP contribution >= 0.6 is 0 Å². The van der Waals surface area contributed by atoms with Gasteiger partial charge in [0.1, 0.15) is 16.4 Å². The highest BCUT2D eigenvalue weighted by Gasteiger charge is 2.37. The maximum absolute atomic E-state index is 13.7. The Kier molecular flexibility index (Phi) is 4.42. The predicted octanol–water partition coefficient (Wildman–Crippen LogP) is 4.11. The van der Waals surface area contributed by atoms with Crippen LogP contribution in [0.3, 0.4) is 0 Å². The second-order valence-electron chi connectivity index (χ2n) is 7.05. The molecule has 0 radical (unpaired) electrons. The fourth-order valence-corrected chi connectivity index (χ4v) is 5.82. The monoisotopic (exact) mass is 398 g/mol. The zero-order valence-electron chi connectivity index (χ0n) is 16.3. The van der Waals surface area contributed by atoms with Crippen LogP contribution in [0.1, 0.15) is 23.9 Å². The molecule has 1 aliphatic heterocycles. The number of methoxy groups -OCH3 is 1. The van der Waals surface area contributed by atoms with Crippen LogP contribution in [0.2, 0.25) is 0 Å². The molecule has 0 fully saturated rings. The molecule has 0 amide bonds. The third kappa shape index (κ3) is 2.77. The van der Waals surface area contributed by atoms with Crippen molar-refractivity contribution in [3.63, 3.8) is 0 Å². The standard InChI is InChI=1S/C21H22N2O4S/c1-13-11-16-7-5-6-8-18(16)23(13)28(24,25)20-12-17(9-10-19(20)26-4)21-14(2)22-27-15(21)3/h5-10,12-13H,11H2,1-4H3/t13-/m1/s1. The van der Waals surface area contributed by atoms with E-state index in [1.54, 1.807) is 12.1 Å². The summed E-state index contributed by atoms with van der Waals surface area (Å²) in [7, 11) is -2.35. The highest BCUT2D eigenvalue weighted by molar-refractivity contribution is 7.93. The van der Waals surface area contributed by atoms with Crippen molar-refractivity contribution in [3.05, 3.63) is 59.5 Å². The minimum absolute atomic E-state index is 0.135. The molecule has 6 nitrogen and oxygen atoms in total. The van der Waals surface area contributed by atoms with Crippen LogP contribution in [-0.4, -0.2) is 26.7 Å². The molecule has 4 rings (SSSR count). The second-order valence-corrected chi connectivity index (χ2v) is 8.83. The minimum Gasteiger partial charge on any atom is -0.495 e. The van der Waals surface area contributed by atoms with Crippen molar-refractivity contribution in [2.45, 2.75) is 38.1 Å². The summed E-state index contributed by atoms with van der Waals surface area (Å²) in [5, 5.41) is 3.98. The normalized spacial score (nSPS) is 16.3. The van der Waals surface area contributed by atoms with Gasteiger partial charge in [0.15, 0.2) is 0 Å². The Balaban J connectivity index is 1.89. The van der Waals surface area contributed by atoms with Crippen molar-refractivity contribution in [1.29, 1.82) is 0 Å². The van der Waals surface area contributed by atoms with Crippen molar-refractivity contribution < 1.29 is 17.7 Å². The average molecular weight is 398 g/mol. The molecule has 2 heterocycles. The number of fused-ring (bicyclic) bond motifs is 1. The van der Waals surface area contributed by atoms with E-state index >= 15 is 0 Å². The fraction of sp³-hybridized carbons (Fsp3) is 0.286. The highest BCUT2D eigenvalue weighted by Crippen LogP contribution is 2.40. The third-order valence-corrected chi connectivity index (χ3v) is 7.12. The molecular formula is C21H22N2O4S. The molecule has 0 saturated heterocycles. The van der Waals surface area contributed by atoms with Crippen molar-refractivity contribution in [1.82, 2.24) is 5.16 Å². The molecular weight excluding hydrogens is 376 g/mol. The molecule has 0 N–H and O–H groups in total. The first-order valence-corrected chi connectivity index (χ1v) is 10.5. The molecule has 3 aromatic rings. The summed E-state index contributed by atoms with van der Waals surface area (Å²) in [6, 6.07) is 12.6. The fourth-order valence-electron chi connectivity index (χ4n) is 3.94. The van der Waals surface area contributed by atoms with Crippen LogP contribution in [0.5, 0.6) is 5.75 Å². The Morgan fingerprint density at radius 2 is 1.93 bits per heavy atom. The molecule has 2 aromatic carbocycles. The summed E-state index contributed by atoms with van der Waals surface area (Å²) in [4.78, 5) is 0.135. The summed E-state index contributed by atoms with van der Waals surface area (Å²) in [5.74, 6) is 0.956. The van der Waals surface area contributed by atoms with Crippen LogP contribution in [0.15, 0.2) is 51.9 Å². The Hall–Kier alpha value is -2.80. The number of hydrogen-bond donors (Lipinski definition) is 0. The van der Waals surface area contributed by atoms with E-state index in [1.807, 2.05) is 51.1 Å². The SMILES string of the molecule is COc1ccc(-c2c(C)noc2C)cc1S(=O)(=O)N1c2ccccc2C[C@H]1C. The van der Waals surface area contributed by atoms with Crippen LogP contribution in [0.4, 0.5) is 5.69 Å². The van der Waals surface area contributed by atoms with Gasteiger partial charge in [-0.05, 0) is 56.5 Å². The van der Waals surface area contributed by atoms with E-state index in [4.69, 9.17) is 9.26 Å². The van der Waals surface area contributed by atoms with Crippen molar-refractivity contribution >= 4 is 15.7 Å². The molecule has 0 aliphatic carbocycles. The number of para-hydroxylation sites is 1. The van der Waals surface area contributed by atoms with E-state index in [0.717, 1.165) is 22.4 Å². The van der Waals surface area contributed by atoms with Gasteiger partial charge in [0.05, 0.1) is 18.5 Å². The van der Waals surface area contributed by atoms with E-state index in [2.05, 4.69) is 5.16 Å². The van der Waals surface area contributed by atoms with Crippen LogP contribution in [0, 0.1) is 13.8 Å². The molecule has 0 unspecified atom stereocenters. The number of anilines is 1. The largest absolute Gasteiger partial charge is 0.495 e. The highest BCUT2D eigenvalue weighted by atomic mass is 32.2. The van der Waals surface area contributed by atoms with Crippen LogP contribution < -0.4 is 9.04 Å². The first-order valence-electron chi connectivity index (χ1n) is 9.08. The maximum atomic E-state index is 13.7. The van der Waals surface area contributed by atoms with Gasteiger partial charge >= 0.3 is 0 Å². The van der Waals surface area contributed by atoms with E-state index in [-0.39, 0.29) is 10.9 Å². The van der Waals surface area contributed by atoms with Crippen LogP contribution in [-0.2, 0) is 16.4 Å². The topological polar surface area (TPSA) is 72.6 Å². The van der Waals surface area contributed by atoms with Crippen LogP contribution in [0.25, 0.3) is 11.1 Å². The second kappa shape index (κ2) is 6.67. The van der Waals surface area contributed by atoms with Crippen molar-refractivity contribution in [3.8, 4) is 16.9 Å². The number of sulfonamides is 1. The molecule has 0 spiro atoms. The van der Waals surface area contributed by atoms with E-state index < -0.39 is 10.0 Å². The lowest BCUT2D eigenvalue weighted by atomic mass is 10.0. The number of rotatable bonds is 4. The molecule has 0 saturated carbocycles. The van der Waals surface area contributed by atoms with Crippen molar-refractivity contribution in [2.75, 3.05) is 11.4 Å². The smallest absolute Gasteiger partial charge is 0.268 e. The molecule has 146 valence electrons. The zero-order chi connectivity index (χ0) is 20.1. The van der Waals surface area contributed by atoms with Gasteiger partial charge in [-0.15, -0.1) is 0 Å². The van der Waals surface area contributed by atoms with E-state index in [0.29, 0.717) is 23.6 Å². The van der Waals surface area contributed by atoms with Gasteiger partial charge in [0, 0.05) is 11.6 Å². The summed E-state index contributed by atoms with van der Waals surface area (Å²) in [5.41, 5.74) is 4.00.